The second-order valence-corrected chi connectivity index (χ2v) is 5.78. The summed E-state index contributed by atoms with van der Waals surface area (Å²) in [6.45, 7) is 5.39. The van der Waals surface area contributed by atoms with Crippen LogP contribution in [0.25, 0.3) is 5.65 Å². The van der Waals surface area contributed by atoms with E-state index in [-0.39, 0.29) is 18.1 Å². The SMILES string of the molecule is CC(C)c1nc2c(NC(=O)NC[C@@H]3CCCO3)cccn2n1. The zero-order valence-corrected chi connectivity index (χ0v) is 12.9. The predicted octanol–water partition coefficient (Wildman–Crippen LogP) is 2.15. The first-order chi connectivity index (χ1) is 10.6. The van der Waals surface area contributed by atoms with Crippen molar-refractivity contribution in [2.75, 3.05) is 18.5 Å². The Hall–Kier alpha value is -2.15. The molecule has 118 valence electrons. The minimum absolute atomic E-state index is 0.127. The molecule has 1 saturated heterocycles. The molecule has 7 heteroatoms. The smallest absolute Gasteiger partial charge is 0.319 e. The van der Waals surface area contributed by atoms with Crippen LogP contribution in [0, 0.1) is 0 Å². The van der Waals surface area contributed by atoms with Crippen LogP contribution in [0.1, 0.15) is 38.4 Å². The molecule has 0 radical (unpaired) electrons. The number of ether oxygens (including phenoxy) is 1. The maximum Gasteiger partial charge on any atom is 0.319 e. The maximum atomic E-state index is 12.0. The number of hydrogen-bond donors (Lipinski definition) is 2. The van der Waals surface area contributed by atoms with Crippen molar-refractivity contribution < 1.29 is 9.53 Å². The van der Waals surface area contributed by atoms with Gasteiger partial charge in [-0.05, 0) is 25.0 Å². The van der Waals surface area contributed by atoms with E-state index in [9.17, 15) is 4.79 Å². The molecule has 0 aliphatic carbocycles. The van der Waals surface area contributed by atoms with E-state index in [2.05, 4.69) is 20.7 Å². The lowest BCUT2D eigenvalue weighted by Gasteiger charge is -2.11. The molecule has 7 nitrogen and oxygen atoms in total. The van der Waals surface area contributed by atoms with E-state index in [1.54, 1.807) is 4.52 Å². The van der Waals surface area contributed by atoms with Crippen LogP contribution in [0.3, 0.4) is 0 Å². The number of urea groups is 1. The molecule has 2 aromatic heterocycles. The molecule has 1 aliphatic rings. The average Bonchev–Trinajstić information content (AvgIpc) is 3.15. The summed E-state index contributed by atoms with van der Waals surface area (Å²) in [5.41, 5.74) is 1.30. The number of aromatic nitrogens is 3. The summed E-state index contributed by atoms with van der Waals surface area (Å²) in [6.07, 6.45) is 4.01. The number of nitrogens with one attached hydrogen (secondary N) is 2. The number of carbonyl (C=O) groups is 1. The van der Waals surface area contributed by atoms with E-state index in [1.165, 1.54) is 0 Å². The Morgan fingerprint density at radius 1 is 1.55 bits per heavy atom. The highest BCUT2D eigenvalue weighted by Gasteiger charge is 2.17. The Bertz CT molecular complexity index is 661. The molecule has 1 fully saturated rings. The molecule has 0 bridgehead atoms. The topological polar surface area (TPSA) is 80.5 Å². The monoisotopic (exact) mass is 303 g/mol. The summed E-state index contributed by atoms with van der Waals surface area (Å²) >= 11 is 0. The van der Waals surface area contributed by atoms with Gasteiger partial charge in [0.15, 0.2) is 11.5 Å². The number of fused-ring (bicyclic) bond motifs is 1. The molecule has 1 atom stereocenters. The van der Waals surface area contributed by atoms with Crippen molar-refractivity contribution in [1.82, 2.24) is 19.9 Å². The van der Waals surface area contributed by atoms with Gasteiger partial charge in [-0.3, -0.25) is 0 Å². The molecule has 0 aromatic carbocycles. The lowest BCUT2D eigenvalue weighted by Crippen LogP contribution is -2.35. The fraction of sp³-hybridized carbons (Fsp3) is 0.533. The first-order valence-electron chi connectivity index (χ1n) is 7.65. The Labute approximate surface area is 129 Å². The highest BCUT2D eigenvalue weighted by molar-refractivity contribution is 5.92. The van der Waals surface area contributed by atoms with E-state index < -0.39 is 0 Å². The number of anilines is 1. The van der Waals surface area contributed by atoms with Gasteiger partial charge in [-0.2, -0.15) is 5.10 Å². The third-order valence-electron chi connectivity index (χ3n) is 3.66. The molecule has 2 amide bonds. The molecule has 2 aromatic rings. The van der Waals surface area contributed by atoms with Crippen molar-refractivity contribution in [3.8, 4) is 0 Å². The van der Waals surface area contributed by atoms with Gasteiger partial charge in [-0.1, -0.05) is 13.8 Å². The summed E-state index contributed by atoms with van der Waals surface area (Å²) < 4.78 is 7.17. The summed E-state index contributed by atoms with van der Waals surface area (Å²) in [6, 6.07) is 3.40. The summed E-state index contributed by atoms with van der Waals surface area (Å²) in [7, 11) is 0. The molecule has 3 heterocycles. The van der Waals surface area contributed by atoms with Crippen molar-refractivity contribution in [2.45, 2.75) is 38.7 Å². The second kappa shape index (κ2) is 6.31. The van der Waals surface area contributed by atoms with Crippen molar-refractivity contribution in [2.24, 2.45) is 0 Å². The summed E-state index contributed by atoms with van der Waals surface area (Å²) in [4.78, 5) is 16.5. The Morgan fingerprint density at radius 3 is 3.14 bits per heavy atom. The van der Waals surface area contributed by atoms with Crippen LogP contribution >= 0.6 is 0 Å². The highest BCUT2D eigenvalue weighted by Crippen LogP contribution is 2.18. The Balaban J connectivity index is 1.68. The zero-order chi connectivity index (χ0) is 15.5. The first-order valence-corrected chi connectivity index (χ1v) is 7.65. The maximum absolute atomic E-state index is 12.0. The molecule has 0 unspecified atom stereocenters. The number of hydrogen-bond acceptors (Lipinski definition) is 4. The Kier molecular flexibility index (Phi) is 4.24. The third-order valence-corrected chi connectivity index (χ3v) is 3.66. The molecular weight excluding hydrogens is 282 g/mol. The van der Waals surface area contributed by atoms with Crippen molar-refractivity contribution in [3.05, 3.63) is 24.2 Å². The Morgan fingerprint density at radius 2 is 2.41 bits per heavy atom. The number of nitrogens with zero attached hydrogens (tertiary/aromatic N) is 3. The van der Waals surface area contributed by atoms with Crippen LogP contribution in [0.15, 0.2) is 18.3 Å². The fourth-order valence-corrected chi connectivity index (χ4v) is 2.44. The minimum Gasteiger partial charge on any atom is -0.376 e. The molecular formula is C15H21N5O2. The van der Waals surface area contributed by atoms with Crippen molar-refractivity contribution in [1.29, 1.82) is 0 Å². The van der Waals surface area contributed by atoms with Crippen LogP contribution in [-0.4, -0.2) is 39.9 Å². The van der Waals surface area contributed by atoms with Crippen LogP contribution < -0.4 is 10.6 Å². The van der Waals surface area contributed by atoms with E-state index >= 15 is 0 Å². The van der Waals surface area contributed by atoms with Crippen LogP contribution in [0.2, 0.25) is 0 Å². The minimum atomic E-state index is -0.252. The van der Waals surface area contributed by atoms with Gasteiger partial charge >= 0.3 is 6.03 Å². The van der Waals surface area contributed by atoms with E-state index in [4.69, 9.17) is 4.74 Å². The van der Waals surface area contributed by atoms with Gasteiger partial charge in [0.1, 0.15) is 0 Å². The zero-order valence-electron chi connectivity index (χ0n) is 12.9. The van der Waals surface area contributed by atoms with Crippen LogP contribution in [0.4, 0.5) is 10.5 Å². The number of rotatable bonds is 4. The molecule has 0 spiro atoms. The van der Waals surface area contributed by atoms with E-state index in [0.29, 0.717) is 17.9 Å². The first kappa shape index (κ1) is 14.8. The molecule has 3 rings (SSSR count). The quantitative estimate of drug-likeness (QED) is 0.907. The van der Waals surface area contributed by atoms with Gasteiger partial charge in [0.2, 0.25) is 0 Å². The van der Waals surface area contributed by atoms with Gasteiger partial charge < -0.3 is 15.4 Å². The predicted molar refractivity (Wildman–Crippen MR) is 83.1 cm³/mol. The normalized spacial score (nSPS) is 18.0. The summed E-state index contributed by atoms with van der Waals surface area (Å²) in [5.74, 6) is 0.995. The third kappa shape index (κ3) is 3.19. The van der Waals surface area contributed by atoms with Crippen molar-refractivity contribution >= 4 is 17.4 Å². The molecule has 0 saturated carbocycles. The van der Waals surface area contributed by atoms with E-state index in [1.807, 2.05) is 32.2 Å². The average molecular weight is 303 g/mol. The van der Waals surface area contributed by atoms with Gasteiger partial charge in [0.05, 0.1) is 11.8 Å². The van der Waals surface area contributed by atoms with Crippen LogP contribution in [-0.2, 0) is 4.74 Å². The van der Waals surface area contributed by atoms with E-state index in [0.717, 1.165) is 25.3 Å². The molecule has 22 heavy (non-hydrogen) atoms. The summed E-state index contributed by atoms with van der Waals surface area (Å²) in [5, 5.41) is 10.1. The molecule has 2 N–H and O–H groups in total. The lowest BCUT2D eigenvalue weighted by molar-refractivity contribution is 0.112. The largest absolute Gasteiger partial charge is 0.376 e. The van der Waals surface area contributed by atoms with Gasteiger partial charge in [-0.15, -0.1) is 0 Å². The molecule has 1 aliphatic heterocycles. The number of carbonyl (C=O) groups excluding carboxylic acids is 1. The van der Waals surface area contributed by atoms with Crippen LogP contribution in [0.5, 0.6) is 0 Å². The van der Waals surface area contributed by atoms with Gasteiger partial charge in [-0.25, -0.2) is 14.3 Å². The van der Waals surface area contributed by atoms with Gasteiger partial charge in [0, 0.05) is 25.3 Å². The number of amides is 2. The van der Waals surface area contributed by atoms with Crippen molar-refractivity contribution in [3.63, 3.8) is 0 Å². The lowest BCUT2D eigenvalue weighted by atomic mass is 10.2. The highest BCUT2D eigenvalue weighted by atomic mass is 16.5. The standard InChI is InChI=1S/C15H21N5O2/c1-10(2)13-18-14-12(6-3-7-20(14)19-13)17-15(21)16-9-11-5-4-8-22-11/h3,6-7,10-11H,4-5,8-9H2,1-2H3,(H2,16,17,21)/t11-/m0/s1. The van der Waals surface area contributed by atoms with Gasteiger partial charge in [0.25, 0.3) is 0 Å². The number of pyridine rings is 1. The fourth-order valence-electron chi connectivity index (χ4n) is 2.44. The second-order valence-electron chi connectivity index (χ2n) is 5.78.